The standard InChI is InChI=1S/C15H24BrNO/c1-11(2)9-17-10-12-5-3-4-6-13(12)15-14(16)7-8-18-15/h7-8,11-13,17H,3-6,9-10H2,1-2H3. The molecule has 1 aromatic rings. The lowest BCUT2D eigenvalue weighted by atomic mass is 9.78. The summed E-state index contributed by atoms with van der Waals surface area (Å²) in [4.78, 5) is 0. The fraction of sp³-hybridized carbons (Fsp3) is 0.733. The summed E-state index contributed by atoms with van der Waals surface area (Å²) in [5.41, 5.74) is 0. The molecule has 102 valence electrons. The van der Waals surface area contributed by atoms with Crippen LogP contribution < -0.4 is 5.32 Å². The molecule has 18 heavy (non-hydrogen) atoms. The number of furan rings is 1. The second kappa shape index (κ2) is 6.76. The van der Waals surface area contributed by atoms with E-state index in [2.05, 4.69) is 35.1 Å². The van der Waals surface area contributed by atoms with Crippen molar-refractivity contribution in [3.8, 4) is 0 Å². The molecule has 2 unspecified atom stereocenters. The van der Waals surface area contributed by atoms with Gasteiger partial charge in [-0.25, -0.2) is 0 Å². The summed E-state index contributed by atoms with van der Waals surface area (Å²) in [6.45, 7) is 6.75. The molecule has 0 amide bonds. The molecule has 1 saturated carbocycles. The number of halogens is 1. The van der Waals surface area contributed by atoms with Crippen LogP contribution in [0.1, 0.15) is 51.2 Å². The van der Waals surface area contributed by atoms with Crippen molar-refractivity contribution in [2.75, 3.05) is 13.1 Å². The lowest BCUT2D eigenvalue weighted by Gasteiger charge is -2.31. The number of hydrogen-bond donors (Lipinski definition) is 1. The molecule has 0 radical (unpaired) electrons. The largest absolute Gasteiger partial charge is 0.468 e. The van der Waals surface area contributed by atoms with E-state index in [-0.39, 0.29) is 0 Å². The van der Waals surface area contributed by atoms with Gasteiger partial charge in [-0.15, -0.1) is 0 Å². The van der Waals surface area contributed by atoms with Crippen molar-refractivity contribution in [2.24, 2.45) is 11.8 Å². The number of hydrogen-bond acceptors (Lipinski definition) is 2. The van der Waals surface area contributed by atoms with E-state index in [1.807, 2.05) is 6.07 Å². The fourth-order valence-electron chi connectivity index (χ4n) is 2.92. The third-order valence-corrected chi connectivity index (χ3v) is 4.50. The van der Waals surface area contributed by atoms with Crippen LogP contribution in [0.25, 0.3) is 0 Å². The Labute approximate surface area is 119 Å². The van der Waals surface area contributed by atoms with Gasteiger partial charge in [0.15, 0.2) is 0 Å². The molecule has 1 fully saturated rings. The van der Waals surface area contributed by atoms with Gasteiger partial charge in [-0.05, 0) is 59.8 Å². The van der Waals surface area contributed by atoms with Crippen LogP contribution in [0.3, 0.4) is 0 Å². The van der Waals surface area contributed by atoms with Crippen molar-refractivity contribution < 1.29 is 4.42 Å². The van der Waals surface area contributed by atoms with Crippen molar-refractivity contribution in [2.45, 2.75) is 45.4 Å². The topological polar surface area (TPSA) is 25.2 Å². The number of nitrogens with one attached hydrogen (secondary N) is 1. The first-order chi connectivity index (χ1) is 8.68. The average molecular weight is 314 g/mol. The summed E-state index contributed by atoms with van der Waals surface area (Å²) >= 11 is 3.61. The molecule has 2 atom stereocenters. The van der Waals surface area contributed by atoms with E-state index in [1.54, 1.807) is 6.26 Å². The molecule has 0 saturated heterocycles. The van der Waals surface area contributed by atoms with Gasteiger partial charge in [0, 0.05) is 5.92 Å². The maximum absolute atomic E-state index is 5.69. The summed E-state index contributed by atoms with van der Waals surface area (Å²) in [7, 11) is 0. The smallest absolute Gasteiger partial charge is 0.121 e. The lowest BCUT2D eigenvalue weighted by Crippen LogP contribution is -2.31. The van der Waals surface area contributed by atoms with Gasteiger partial charge in [-0.3, -0.25) is 0 Å². The Bertz CT molecular complexity index is 361. The van der Waals surface area contributed by atoms with Crippen molar-refractivity contribution in [1.29, 1.82) is 0 Å². The minimum atomic E-state index is 0.586. The third-order valence-electron chi connectivity index (χ3n) is 3.85. The second-order valence-corrected chi connectivity index (χ2v) is 6.69. The molecule has 0 aromatic carbocycles. The van der Waals surface area contributed by atoms with Gasteiger partial charge < -0.3 is 9.73 Å². The molecule has 0 spiro atoms. The Morgan fingerprint density at radius 3 is 2.83 bits per heavy atom. The van der Waals surface area contributed by atoms with Crippen LogP contribution in [0, 0.1) is 11.8 Å². The summed E-state index contributed by atoms with van der Waals surface area (Å²) in [6, 6.07) is 2.02. The first-order valence-electron chi connectivity index (χ1n) is 7.12. The summed E-state index contributed by atoms with van der Waals surface area (Å²) < 4.78 is 6.83. The predicted molar refractivity (Wildman–Crippen MR) is 78.8 cm³/mol. The van der Waals surface area contributed by atoms with Crippen LogP contribution in [0.4, 0.5) is 0 Å². The zero-order valence-electron chi connectivity index (χ0n) is 11.4. The molecule has 1 aliphatic rings. The normalized spacial score (nSPS) is 24.7. The summed E-state index contributed by atoms with van der Waals surface area (Å²) in [5.74, 6) is 3.19. The van der Waals surface area contributed by atoms with Crippen LogP contribution in [0.15, 0.2) is 21.2 Å². The molecule has 2 nitrogen and oxygen atoms in total. The van der Waals surface area contributed by atoms with Gasteiger partial charge in [0.1, 0.15) is 5.76 Å². The number of rotatable bonds is 5. The zero-order chi connectivity index (χ0) is 13.0. The molecule has 0 aliphatic heterocycles. The Balaban J connectivity index is 1.96. The van der Waals surface area contributed by atoms with Crippen molar-refractivity contribution >= 4 is 15.9 Å². The van der Waals surface area contributed by atoms with E-state index in [1.165, 1.54) is 25.7 Å². The van der Waals surface area contributed by atoms with E-state index < -0.39 is 0 Å². The summed E-state index contributed by atoms with van der Waals surface area (Å²) in [6.07, 6.45) is 7.08. The van der Waals surface area contributed by atoms with E-state index in [0.29, 0.717) is 5.92 Å². The lowest BCUT2D eigenvalue weighted by molar-refractivity contribution is 0.261. The maximum Gasteiger partial charge on any atom is 0.121 e. The minimum Gasteiger partial charge on any atom is -0.468 e. The van der Waals surface area contributed by atoms with E-state index >= 15 is 0 Å². The van der Waals surface area contributed by atoms with E-state index in [0.717, 1.165) is 35.2 Å². The van der Waals surface area contributed by atoms with Gasteiger partial charge in [0.05, 0.1) is 10.7 Å². The Morgan fingerprint density at radius 1 is 1.39 bits per heavy atom. The van der Waals surface area contributed by atoms with Crippen molar-refractivity contribution in [1.82, 2.24) is 5.32 Å². The average Bonchev–Trinajstić information content (AvgIpc) is 2.76. The van der Waals surface area contributed by atoms with Gasteiger partial charge in [-0.1, -0.05) is 26.7 Å². The van der Waals surface area contributed by atoms with E-state index in [4.69, 9.17) is 4.42 Å². The molecular formula is C15H24BrNO. The molecule has 1 N–H and O–H groups in total. The molecule has 1 heterocycles. The Hall–Kier alpha value is -0.280. The van der Waals surface area contributed by atoms with E-state index in [9.17, 15) is 0 Å². The fourth-order valence-corrected chi connectivity index (χ4v) is 3.42. The first-order valence-corrected chi connectivity index (χ1v) is 7.91. The van der Waals surface area contributed by atoms with Gasteiger partial charge in [-0.2, -0.15) is 0 Å². The molecule has 1 aromatic heterocycles. The monoisotopic (exact) mass is 313 g/mol. The Morgan fingerprint density at radius 2 is 2.17 bits per heavy atom. The summed E-state index contributed by atoms with van der Waals surface area (Å²) in [5, 5.41) is 3.61. The quantitative estimate of drug-likeness (QED) is 0.862. The highest BCUT2D eigenvalue weighted by Crippen LogP contribution is 2.40. The van der Waals surface area contributed by atoms with Crippen LogP contribution in [-0.4, -0.2) is 13.1 Å². The van der Waals surface area contributed by atoms with Crippen LogP contribution in [0.5, 0.6) is 0 Å². The highest BCUT2D eigenvalue weighted by Gasteiger charge is 2.29. The highest BCUT2D eigenvalue weighted by molar-refractivity contribution is 9.10. The Kier molecular flexibility index (Phi) is 5.31. The van der Waals surface area contributed by atoms with Crippen molar-refractivity contribution in [3.63, 3.8) is 0 Å². The first kappa shape index (κ1) is 14.1. The molecule has 2 rings (SSSR count). The zero-order valence-corrected chi connectivity index (χ0v) is 13.0. The van der Waals surface area contributed by atoms with Crippen LogP contribution in [0.2, 0.25) is 0 Å². The predicted octanol–water partition coefficient (Wildman–Crippen LogP) is 4.56. The maximum atomic E-state index is 5.69. The SMILES string of the molecule is CC(C)CNCC1CCCCC1c1occc1Br. The van der Waals surface area contributed by atoms with Crippen molar-refractivity contribution in [3.05, 3.63) is 22.6 Å². The van der Waals surface area contributed by atoms with Gasteiger partial charge >= 0.3 is 0 Å². The molecular weight excluding hydrogens is 290 g/mol. The van der Waals surface area contributed by atoms with Gasteiger partial charge in [0.2, 0.25) is 0 Å². The van der Waals surface area contributed by atoms with Gasteiger partial charge in [0.25, 0.3) is 0 Å². The molecule has 3 heteroatoms. The minimum absolute atomic E-state index is 0.586. The molecule has 0 bridgehead atoms. The third kappa shape index (κ3) is 3.61. The van der Waals surface area contributed by atoms with Crippen LogP contribution in [-0.2, 0) is 0 Å². The highest BCUT2D eigenvalue weighted by atomic mass is 79.9. The van der Waals surface area contributed by atoms with Crippen LogP contribution >= 0.6 is 15.9 Å². The second-order valence-electron chi connectivity index (χ2n) is 5.84. The molecule has 1 aliphatic carbocycles.